The highest BCUT2D eigenvalue weighted by molar-refractivity contribution is 5.94. The summed E-state index contributed by atoms with van der Waals surface area (Å²) in [7, 11) is 0. The van der Waals surface area contributed by atoms with E-state index in [1.807, 2.05) is 24.3 Å². The van der Waals surface area contributed by atoms with Gasteiger partial charge in [-0.15, -0.1) is 0 Å². The number of hydrogen-bond acceptors (Lipinski definition) is 5. The van der Waals surface area contributed by atoms with Gasteiger partial charge in [0.1, 0.15) is 11.9 Å². The molecule has 7 heteroatoms. The van der Waals surface area contributed by atoms with Gasteiger partial charge in [0.25, 0.3) is 0 Å². The molecule has 3 heterocycles. The molecule has 6 nitrogen and oxygen atoms in total. The summed E-state index contributed by atoms with van der Waals surface area (Å²) in [5, 5.41) is 15.8. The molecular weight excluding hydrogens is 445 g/mol. The summed E-state index contributed by atoms with van der Waals surface area (Å²) in [6, 6.07) is 11.4. The normalized spacial score (nSPS) is 20.7. The first-order chi connectivity index (χ1) is 17.3. The molecule has 0 spiro atoms. The average Bonchev–Trinajstić information content (AvgIpc) is 3.39. The Kier molecular flexibility index (Phi) is 7.72. The number of ether oxygens (including phenoxy) is 3. The number of nitrogens with zero attached hydrogens (tertiary/aromatic N) is 3. The van der Waals surface area contributed by atoms with E-state index in [4.69, 9.17) is 14.2 Å². The van der Waals surface area contributed by atoms with E-state index in [1.165, 1.54) is 0 Å². The van der Waals surface area contributed by atoms with Crippen LogP contribution in [0.3, 0.4) is 0 Å². The minimum Gasteiger partial charge on any atom is -0.356 e. The SMILES string of the molecule is N#Cc1c(CCCCOC2CCCCO2)c(-c2ccnn2C2CCCCO2)c(F)c2ccccc12. The molecule has 3 aromatic rings. The minimum absolute atomic E-state index is 0.114. The van der Waals surface area contributed by atoms with Crippen LogP contribution < -0.4 is 0 Å². The van der Waals surface area contributed by atoms with Crippen LogP contribution in [0.4, 0.5) is 4.39 Å². The molecule has 2 fully saturated rings. The number of hydrogen-bond donors (Lipinski definition) is 0. The Morgan fingerprint density at radius 2 is 1.83 bits per heavy atom. The van der Waals surface area contributed by atoms with E-state index in [1.54, 1.807) is 16.9 Å². The van der Waals surface area contributed by atoms with Gasteiger partial charge in [0, 0.05) is 42.4 Å². The summed E-state index contributed by atoms with van der Waals surface area (Å²) in [5.41, 5.74) is 2.39. The highest BCUT2D eigenvalue weighted by Crippen LogP contribution is 2.38. The highest BCUT2D eigenvalue weighted by Gasteiger charge is 2.26. The summed E-state index contributed by atoms with van der Waals surface area (Å²) in [6.45, 7) is 2.02. The van der Waals surface area contributed by atoms with Crippen molar-refractivity contribution >= 4 is 10.8 Å². The average molecular weight is 478 g/mol. The number of benzene rings is 2. The fourth-order valence-corrected chi connectivity index (χ4v) is 5.21. The van der Waals surface area contributed by atoms with Crippen LogP contribution in [0, 0.1) is 17.1 Å². The zero-order valence-electron chi connectivity index (χ0n) is 20.0. The number of halogens is 1. The number of aromatic nitrogens is 2. The van der Waals surface area contributed by atoms with Crippen LogP contribution in [0.25, 0.3) is 22.0 Å². The number of unbranched alkanes of at least 4 members (excludes halogenated alkanes) is 1. The first-order valence-electron chi connectivity index (χ1n) is 12.8. The van der Waals surface area contributed by atoms with Crippen LogP contribution in [-0.2, 0) is 20.6 Å². The molecule has 35 heavy (non-hydrogen) atoms. The first-order valence-corrected chi connectivity index (χ1v) is 12.8. The van der Waals surface area contributed by atoms with E-state index in [9.17, 15) is 5.26 Å². The molecule has 2 atom stereocenters. The molecule has 0 amide bonds. The smallest absolute Gasteiger partial charge is 0.157 e. The van der Waals surface area contributed by atoms with E-state index in [0.29, 0.717) is 47.2 Å². The predicted molar refractivity (Wildman–Crippen MR) is 131 cm³/mol. The van der Waals surface area contributed by atoms with Gasteiger partial charge in [0.2, 0.25) is 0 Å². The lowest BCUT2D eigenvalue weighted by Gasteiger charge is -2.26. The maximum atomic E-state index is 16.1. The lowest BCUT2D eigenvalue weighted by Crippen LogP contribution is -2.22. The van der Waals surface area contributed by atoms with Gasteiger partial charge >= 0.3 is 0 Å². The third-order valence-corrected chi connectivity index (χ3v) is 6.99. The molecule has 5 rings (SSSR count). The van der Waals surface area contributed by atoms with Crippen molar-refractivity contribution < 1.29 is 18.6 Å². The molecule has 1 aromatic heterocycles. The van der Waals surface area contributed by atoms with Gasteiger partial charge in [-0.2, -0.15) is 10.4 Å². The number of nitriles is 1. The molecule has 0 bridgehead atoms. The van der Waals surface area contributed by atoms with Gasteiger partial charge in [-0.05, 0) is 69.4 Å². The second kappa shape index (κ2) is 11.3. The van der Waals surface area contributed by atoms with E-state index < -0.39 is 0 Å². The van der Waals surface area contributed by atoms with Crippen molar-refractivity contribution in [3.8, 4) is 17.3 Å². The van der Waals surface area contributed by atoms with Crippen molar-refractivity contribution in [2.75, 3.05) is 19.8 Å². The van der Waals surface area contributed by atoms with E-state index >= 15 is 4.39 Å². The number of rotatable bonds is 8. The molecule has 0 radical (unpaired) electrons. The van der Waals surface area contributed by atoms with Crippen LogP contribution in [-0.4, -0.2) is 35.9 Å². The van der Waals surface area contributed by atoms with Gasteiger partial charge in [-0.3, -0.25) is 0 Å². The second-order valence-electron chi connectivity index (χ2n) is 9.31. The van der Waals surface area contributed by atoms with Crippen molar-refractivity contribution in [3.63, 3.8) is 0 Å². The lowest BCUT2D eigenvalue weighted by molar-refractivity contribution is -0.162. The van der Waals surface area contributed by atoms with Crippen molar-refractivity contribution in [2.45, 2.75) is 70.3 Å². The van der Waals surface area contributed by atoms with E-state index in [-0.39, 0.29) is 18.3 Å². The highest BCUT2D eigenvalue weighted by atomic mass is 19.1. The molecular formula is C28H32FN3O3. The Labute approximate surface area is 205 Å². The predicted octanol–water partition coefficient (Wildman–Crippen LogP) is 6.28. The molecule has 0 aliphatic carbocycles. The van der Waals surface area contributed by atoms with Crippen LogP contribution in [0.1, 0.15) is 68.7 Å². The first kappa shape index (κ1) is 23.9. The summed E-state index contributed by atoms with van der Waals surface area (Å²) in [5.74, 6) is -0.306. The molecule has 184 valence electrons. The Morgan fingerprint density at radius 1 is 1.03 bits per heavy atom. The largest absolute Gasteiger partial charge is 0.356 e. The third-order valence-electron chi connectivity index (χ3n) is 6.99. The standard InChI is InChI=1S/C28H32FN3O3/c29-28-22-11-2-1-9-20(22)23(19-30)21(10-3-6-17-34-26-13-5-8-18-35-26)27(28)24-14-15-31-32(24)25-12-4-7-16-33-25/h1-2,9,11,14-15,25-26H,3-8,10,12-13,16-18H2. The molecule has 0 saturated carbocycles. The van der Waals surface area contributed by atoms with Gasteiger partial charge in [0.15, 0.2) is 12.5 Å². The summed E-state index contributed by atoms with van der Waals surface area (Å²) >= 11 is 0. The Balaban J connectivity index is 1.46. The zero-order valence-corrected chi connectivity index (χ0v) is 20.0. The molecule has 0 N–H and O–H groups in total. The van der Waals surface area contributed by atoms with Crippen molar-refractivity contribution in [1.29, 1.82) is 5.26 Å². The molecule has 2 saturated heterocycles. The van der Waals surface area contributed by atoms with Gasteiger partial charge < -0.3 is 14.2 Å². The second-order valence-corrected chi connectivity index (χ2v) is 9.31. The van der Waals surface area contributed by atoms with Crippen LogP contribution in [0.2, 0.25) is 0 Å². The topological polar surface area (TPSA) is 69.3 Å². The summed E-state index contributed by atoms with van der Waals surface area (Å²) in [6.07, 6.45) is 9.59. The van der Waals surface area contributed by atoms with Gasteiger partial charge in [-0.1, -0.05) is 24.3 Å². The fraction of sp³-hybridized carbons (Fsp3) is 0.500. The molecule has 2 aromatic carbocycles. The zero-order chi connectivity index (χ0) is 24.0. The minimum atomic E-state index is -0.306. The Hall–Kier alpha value is -2.79. The van der Waals surface area contributed by atoms with Gasteiger partial charge in [-0.25, -0.2) is 9.07 Å². The maximum absolute atomic E-state index is 16.1. The van der Waals surface area contributed by atoms with Crippen molar-refractivity contribution in [3.05, 3.63) is 53.5 Å². The van der Waals surface area contributed by atoms with E-state index in [2.05, 4.69) is 11.2 Å². The Bertz CT molecular complexity index is 1190. The molecule has 2 aliphatic rings. The summed E-state index contributed by atoms with van der Waals surface area (Å²) < 4.78 is 35.4. The Morgan fingerprint density at radius 3 is 2.57 bits per heavy atom. The lowest BCUT2D eigenvalue weighted by atomic mass is 9.89. The summed E-state index contributed by atoms with van der Waals surface area (Å²) in [4.78, 5) is 0. The van der Waals surface area contributed by atoms with E-state index in [0.717, 1.165) is 63.5 Å². The molecule has 2 unspecified atom stereocenters. The maximum Gasteiger partial charge on any atom is 0.157 e. The van der Waals surface area contributed by atoms with Crippen molar-refractivity contribution in [1.82, 2.24) is 9.78 Å². The van der Waals surface area contributed by atoms with Crippen molar-refractivity contribution in [2.24, 2.45) is 0 Å². The van der Waals surface area contributed by atoms with Gasteiger partial charge in [0.05, 0.1) is 11.3 Å². The fourth-order valence-electron chi connectivity index (χ4n) is 5.21. The monoisotopic (exact) mass is 477 g/mol. The third kappa shape index (κ3) is 5.11. The van der Waals surface area contributed by atoms with Crippen LogP contribution in [0.15, 0.2) is 36.5 Å². The van der Waals surface area contributed by atoms with Crippen LogP contribution >= 0.6 is 0 Å². The quantitative estimate of drug-likeness (QED) is 0.357. The number of fused-ring (bicyclic) bond motifs is 1. The molecule has 2 aliphatic heterocycles. The van der Waals surface area contributed by atoms with Crippen LogP contribution in [0.5, 0.6) is 0 Å².